The van der Waals surface area contributed by atoms with Gasteiger partial charge in [-0.25, -0.2) is 4.39 Å². The summed E-state index contributed by atoms with van der Waals surface area (Å²) in [5, 5.41) is 6.58. The highest BCUT2D eigenvalue weighted by molar-refractivity contribution is 6.00. The molecule has 0 aliphatic carbocycles. The van der Waals surface area contributed by atoms with Crippen LogP contribution in [0.2, 0.25) is 0 Å². The summed E-state index contributed by atoms with van der Waals surface area (Å²) in [6, 6.07) is 17.1. The van der Waals surface area contributed by atoms with Crippen molar-refractivity contribution in [1.82, 2.24) is 9.88 Å². The average Bonchev–Trinajstić information content (AvgIpc) is 3.41. The van der Waals surface area contributed by atoms with E-state index in [1.54, 1.807) is 36.6 Å². The molecule has 0 spiro atoms. The Morgan fingerprint density at radius 1 is 1.06 bits per heavy atom. The minimum atomic E-state index is -0.312. The number of hydrogen-bond acceptors (Lipinski definition) is 3. The summed E-state index contributed by atoms with van der Waals surface area (Å²) in [4.78, 5) is 25.1. The van der Waals surface area contributed by atoms with Gasteiger partial charge in [-0.15, -0.1) is 0 Å². The van der Waals surface area contributed by atoms with Crippen LogP contribution in [0.3, 0.4) is 0 Å². The second-order valence-electron chi connectivity index (χ2n) is 7.92. The average molecular weight is 433 g/mol. The number of aromatic nitrogens is 1. The first kappa shape index (κ1) is 21.4. The Balaban J connectivity index is 1.68. The van der Waals surface area contributed by atoms with Gasteiger partial charge in [-0.05, 0) is 54.1 Å². The Bertz CT molecular complexity index is 1240. The van der Waals surface area contributed by atoms with Crippen LogP contribution in [0, 0.1) is 11.7 Å². The predicted octanol–water partition coefficient (Wildman–Crippen LogP) is 4.95. The van der Waals surface area contributed by atoms with Gasteiger partial charge in [0.25, 0.3) is 5.91 Å². The summed E-state index contributed by atoms with van der Waals surface area (Å²) in [5.41, 5.74) is 2.82. The fraction of sp³-hybridized carbons (Fsp3) is 0.200. The van der Waals surface area contributed by atoms with Crippen molar-refractivity contribution in [2.24, 2.45) is 5.92 Å². The van der Waals surface area contributed by atoms with Crippen molar-refractivity contribution >= 4 is 28.4 Å². The molecule has 32 heavy (non-hydrogen) atoms. The first-order valence-corrected chi connectivity index (χ1v) is 10.4. The number of anilines is 1. The van der Waals surface area contributed by atoms with E-state index in [1.165, 1.54) is 12.1 Å². The van der Waals surface area contributed by atoms with E-state index in [-0.39, 0.29) is 30.1 Å². The number of rotatable bonds is 7. The zero-order valence-corrected chi connectivity index (χ0v) is 17.9. The quantitative estimate of drug-likeness (QED) is 0.433. The molecule has 2 heterocycles. The van der Waals surface area contributed by atoms with E-state index >= 15 is 0 Å². The summed E-state index contributed by atoms with van der Waals surface area (Å²) in [6.07, 6.45) is 1.56. The first-order chi connectivity index (χ1) is 15.4. The second kappa shape index (κ2) is 9.09. The van der Waals surface area contributed by atoms with Crippen molar-refractivity contribution in [1.29, 1.82) is 0 Å². The second-order valence-corrected chi connectivity index (χ2v) is 7.92. The van der Waals surface area contributed by atoms with Crippen molar-refractivity contribution in [3.63, 3.8) is 0 Å². The molecular formula is C25H24FN3O3. The number of fused-ring (bicyclic) bond motifs is 1. The highest BCUT2D eigenvalue weighted by atomic mass is 19.1. The molecule has 0 saturated carbocycles. The van der Waals surface area contributed by atoms with Crippen LogP contribution >= 0.6 is 0 Å². The smallest absolute Gasteiger partial charge is 0.268 e. The molecule has 0 unspecified atom stereocenters. The zero-order valence-electron chi connectivity index (χ0n) is 17.9. The van der Waals surface area contributed by atoms with E-state index in [9.17, 15) is 14.0 Å². The third kappa shape index (κ3) is 4.72. The fourth-order valence-corrected chi connectivity index (χ4v) is 3.44. The number of benzene rings is 2. The number of nitrogens with one attached hydrogen (secondary N) is 2. The van der Waals surface area contributed by atoms with E-state index in [4.69, 9.17) is 4.42 Å². The number of nitrogens with zero attached hydrogens (tertiary/aromatic N) is 1. The molecule has 2 amide bonds. The number of furan rings is 1. The van der Waals surface area contributed by atoms with Crippen molar-refractivity contribution in [3.8, 4) is 0 Å². The van der Waals surface area contributed by atoms with Crippen molar-refractivity contribution in [3.05, 3.63) is 89.8 Å². The highest BCUT2D eigenvalue weighted by Crippen LogP contribution is 2.25. The van der Waals surface area contributed by atoms with Gasteiger partial charge in [-0.2, -0.15) is 0 Å². The summed E-state index contributed by atoms with van der Waals surface area (Å²) in [5.74, 6) is -0.137. The molecular weight excluding hydrogens is 409 g/mol. The van der Waals surface area contributed by atoms with Crippen molar-refractivity contribution in [2.75, 3.05) is 5.32 Å². The van der Waals surface area contributed by atoms with Crippen molar-refractivity contribution < 1.29 is 18.4 Å². The number of carbonyl (C=O) groups excluding carboxylic acids is 2. The molecule has 164 valence electrons. The molecule has 2 aromatic carbocycles. The van der Waals surface area contributed by atoms with E-state index in [0.717, 1.165) is 16.5 Å². The maximum atomic E-state index is 13.4. The van der Waals surface area contributed by atoms with Gasteiger partial charge in [0.2, 0.25) is 5.91 Å². The van der Waals surface area contributed by atoms with Crippen LogP contribution in [0.1, 0.15) is 35.7 Å². The molecule has 4 rings (SSSR count). The van der Waals surface area contributed by atoms with Gasteiger partial charge in [0.15, 0.2) is 0 Å². The van der Waals surface area contributed by atoms with Gasteiger partial charge in [0, 0.05) is 29.1 Å². The maximum absolute atomic E-state index is 13.4. The standard InChI is InChI=1S/C25H24FN3O3/c1-16(2)24(30)28-20-9-10-22-18(12-20)13-23(25(31)27-14-21-4-3-11-32-21)29(22)15-17-5-7-19(26)8-6-17/h3-13,16H,14-15H2,1-2H3,(H,27,31)(H,28,30). The summed E-state index contributed by atoms with van der Waals surface area (Å²) < 4.78 is 20.5. The molecule has 0 aliphatic heterocycles. The van der Waals surface area contributed by atoms with Crippen LogP contribution < -0.4 is 10.6 Å². The molecule has 0 bridgehead atoms. The fourth-order valence-electron chi connectivity index (χ4n) is 3.44. The van der Waals surface area contributed by atoms with Gasteiger partial charge in [-0.3, -0.25) is 9.59 Å². The van der Waals surface area contributed by atoms with Gasteiger partial charge < -0.3 is 19.6 Å². The lowest BCUT2D eigenvalue weighted by molar-refractivity contribution is -0.118. The largest absolute Gasteiger partial charge is 0.467 e. The van der Waals surface area contributed by atoms with Crippen LogP contribution in [-0.2, 0) is 17.9 Å². The summed E-state index contributed by atoms with van der Waals surface area (Å²) in [6.45, 7) is 4.31. The molecule has 2 aromatic heterocycles. The molecule has 0 aliphatic rings. The Morgan fingerprint density at radius 3 is 2.53 bits per heavy atom. The van der Waals surface area contributed by atoms with Crippen LogP contribution in [0.15, 0.2) is 71.3 Å². The highest BCUT2D eigenvalue weighted by Gasteiger charge is 2.17. The monoisotopic (exact) mass is 433 g/mol. The SMILES string of the molecule is CC(C)C(=O)Nc1ccc2c(c1)cc(C(=O)NCc1ccco1)n2Cc1ccc(F)cc1. The van der Waals surface area contributed by atoms with E-state index < -0.39 is 0 Å². The van der Waals surface area contributed by atoms with Gasteiger partial charge in [0.05, 0.1) is 12.8 Å². The molecule has 0 radical (unpaired) electrons. The lowest BCUT2D eigenvalue weighted by Crippen LogP contribution is -2.25. The zero-order chi connectivity index (χ0) is 22.7. The molecule has 0 saturated heterocycles. The molecule has 0 atom stereocenters. The number of carbonyl (C=O) groups is 2. The summed E-state index contributed by atoms with van der Waals surface area (Å²) >= 11 is 0. The molecule has 0 fully saturated rings. The first-order valence-electron chi connectivity index (χ1n) is 10.4. The lowest BCUT2D eigenvalue weighted by atomic mass is 10.2. The van der Waals surface area contributed by atoms with E-state index in [2.05, 4.69) is 10.6 Å². The van der Waals surface area contributed by atoms with Crippen LogP contribution in [0.25, 0.3) is 10.9 Å². The Kier molecular flexibility index (Phi) is 6.07. The van der Waals surface area contributed by atoms with Gasteiger partial charge in [0.1, 0.15) is 17.3 Å². The van der Waals surface area contributed by atoms with Crippen LogP contribution in [0.5, 0.6) is 0 Å². The Hall–Kier alpha value is -3.87. The lowest BCUT2D eigenvalue weighted by Gasteiger charge is -2.12. The third-order valence-electron chi connectivity index (χ3n) is 5.18. The van der Waals surface area contributed by atoms with E-state index in [0.29, 0.717) is 23.7 Å². The minimum absolute atomic E-state index is 0.0773. The van der Waals surface area contributed by atoms with Crippen LogP contribution in [-0.4, -0.2) is 16.4 Å². The molecule has 6 nitrogen and oxygen atoms in total. The van der Waals surface area contributed by atoms with Gasteiger partial charge in [-0.1, -0.05) is 26.0 Å². The number of amides is 2. The normalized spacial score (nSPS) is 11.1. The van der Waals surface area contributed by atoms with E-state index in [1.807, 2.05) is 36.6 Å². The Morgan fingerprint density at radius 2 is 1.84 bits per heavy atom. The van der Waals surface area contributed by atoms with Crippen LogP contribution in [0.4, 0.5) is 10.1 Å². The predicted molar refractivity (Wildman–Crippen MR) is 121 cm³/mol. The molecule has 2 N–H and O–H groups in total. The third-order valence-corrected chi connectivity index (χ3v) is 5.18. The molecule has 7 heteroatoms. The Labute approximate surface area is 185 Å². The van der Waals surface area contributed by atoms with Gasteiger partial charge >= 0.3 is 0 Å². The summed E-state index contributed by atoms with van der Waals surface area (Å²) in [7, 11) is 0. The maximum Gasteiger partial charge on any atom is 0.268 e. The number of hydrogen-bond donors (Lipinski definition) is 2. The molecule has 4 aromatic rings. The minimum Gasteiger partial charge on any atom is -0.467 e. The van der Waals surface area contributed by atoms with Crippen molar-refractivity contribution in [2.45, 2.75) is 26.9 Å². The topological polar surface area (TPSA) is 76.3 Å². The number of halogens is 1.